The Bertz CT molecular complexity index is 3000. The minimum Gasteiger partial charge on any atom is -0.456 e. The Morgan fingerprint density at radius 3 is 1.79 bits per heavy atom. The molecule has 0 amide bonds. The molecule has 1 aromatic heterocycles. The third kappa shape index (κ3) is 4.71. The highest BCUT2D eigenvalue weighted by molar-refractivity contribution is 6.05. The molecule has 1 N–H and O–H groups in total. The lowest BCUT2D eigenvalue weighted by Gasteiger charge is -2.46. The third-order valence-corrected chi connectivity index (χ3v) is 13.3. The summed E-state index contributed by atoms with van der Waals surface area (Å²) < 4.78 is 6.12. The maximum absolute atomic E-state index is 6.12. The summed E-state index contributed by atoms with van der Waals surface area (Å²) in [5, 5.41) is 6.04. The van der Waals surface area contributed by atoms with Gasteiger partial charge in [0, 0.05) is 33.5 Å². The molecule has 3 aliphatic rings. The fourth-order valence-electron chi connectivity index (χ4n) is 10.6. The van der Waals surface area contributed by atoms with Gasteiger partial charge in [0.15, 0.2) is 0 Å². The number of hydrogen-bond acceptors (Lipinski definition) is 2. The third-order valence-electron chi connectivity index (χ3n) is 13.3. The predicted octanol–water partition coefficient (Wildman–Crippen LogP) is 14.0. The largest absolute Gasteiger partial charge is 0.456 e. The predicted molar refractivity (Wildman–Crippen MR) is 238 cm³/mol. The average Bonchev–Trinajstić information content (AvgIpc) is 3.83. The summed E-state index contributed by atoms with van der Waals surface area (Å²) in [4.78, 5) is 0. The molecule has 0 saturated carbocycles. The van der Waals surface area contributed by atoms with E-state index in [1.54, 1.807) is 0 Å². The molecule has 1 spiro atoms. The minimum atomic E-state index is -0.419. The van der Waals surface area contributed by atoms with E-state index in [0.717, 1.165) is 33.2 Å². The van der Waals surface area contributed by atoms with E-state index in [0.29, 0.717) is 0 Å². The van der Waals surface area contributed by atoms with Crippen molar-refractivity contribution in [1.82, 2.24) is 0 Å². The van der Waals surface area contributed by atoms with Gasteiger partial charge in [-0.15, -0.1) is 0 Å². The Balaban J connectivity index is 1.01. The molecule has 2 nitrogen and oxygen atoms in total. The molecule has 0 atom stereocenters. The van der Waals surface area contributed by atoms with Gasteiger partial charge in [0.2, 0.25) is 0 Å². The summed E-state index contributed by atoms with van der Waals surface area (Å²) in [6, 6.07) is 57.9. The quantitative estimate of drug-likeness (QED) is 0.191. The lowest BCUT2D eigenvalue weighted by molar-refractivity contribution is 0.563. The first-order valence-corrected chi connectivity index (χ1v) is 20.1. The van der Waals surface area contributed by atoms with E-state index in [-0.39, 0.29) is 10.8 Å². The SMILES string of the molecule is CC1(C)C(/C=C/Nc2ccc3c(c2)C2(c4ccccc4-3)c3ccccc3C(C)(C)c3ccccc32)=C(/C=C\c2ccc3oc4ccccc4c3c2)c2ccccc21. The Hall–Kier alpha value is -6.64. The van der Waals surface area contributed by atoms with Gasteiger partial charge in [0.1, 0.15) is 11.2 Å². The second kappa shape index (κ2) is 12.2. The van der Waals surface area contributed by atoms with Gasteiger partial charge in [0.25, 0.3) is 0 Å². The van der Waals surface area contributed by atoms with Crippen LogP contribution in [0.5, 0.6) is 0 Å². The van der Waals surface area contributed by atoms with Crippen LogP contribution in [0.3, 0.4) is 0 Å². The highest BCUT2D eigenvalue weighted by Crippen LogP contribution is 2.62. The Morgan fingerprint density at radius 1 is 0.439 bits per heavy atom. The van der Waals surface area contributed by atoms with E-state index < -0.39 is 5.41 Å². The second-order valence-electron chi connectivity index (χ2n) is 16.9. The molecule has 0 bridgehead atoms. The maximum Gasteiger partial charge on any atom is 0.135 e. The summed E-state index contributed by atoms with van der Waals surface area (Å²) in [6.07, 6.45) is 8.97. The molecular weight excluding hydrogens is 691 g/mol. The first-order valence-electron chi connectivity index (χ1n) is 20.1. The van der Waals surface area contributed by atoms with Gasteiger partial charge in [-0.3, -0.25) is 0 Å². The van der Waals surface area contributed by atoms with Crippen LogP contribution in [0, 0.1) is 0 Å². The molecule has 0 aliphatic heterocycles. The molecule has 0 fully saturated rings. The van der Waals surface area contributed by atoms with Crippen molar-refractivity contribution in [1.29, 1.82) is 0 Å². The molecule has 2 heteroatoms. The van der Waals surface area contributed by atoms with Crippen LogP contribution in [0.1, 0.15) is 77.8 Å². The highest BCUT2D eigenvalue weighted by atomic mass is 16.3. The molecule has 274 valence electrons. The van der Waals surface area contributed by atoms with Crippen LogP contribution in [0.2, 0.25) is 0 Å². The molecule has 3 aliphatic carbocycles. The van der Waals surface area contributed by atoms with Crippen LogP contribution in [0.4, 0.5) is 5.69 Å². The molecule has 8 aromatic rings. The van der Waals surface area contributed by atoms with Gasteiger partial charge < -0.3 is 9.73 Å². The number of furan rings is 1. The molecule has 1 heterocycles. The van der Waals surface area contributed by atoms with E-state index in [1.807, 2.05) is 12.1 Å². The molecular formula is C55H43NO. The monoisotopic (exact) mass is 733 g/mol. The molecule has 0 unspecified atom stereocenters. The summed E-state index contributed by atoms with van der Waals surface area (Å²) in [5.41, 5.74) is 19.3. The van der Waals surface area contributed by atoms with Crippen molar-refractivity contribution in [3.8, 4) is 11.1 Å². The zero-order valence-corrected chi connectivity index (χ0v) is 32.7. The van der Waals surface area contributed by atoms with Gasteiger partial charge in [0.05, 0.1) is 5.41 Å². The van der Waals surface area contributed by atoms with E-state index >= 15 is 0 Å². The van der Waals surface area contributed by atoms with Crippen molar-refractivity contribution in [2.45, 2.75) is 43.9 Å². The van der Waals surface area contributed by atoms with E-state index in [1.165, 1.54) is 66.8 Å². The number of benzene rings is 7. The number of rotatable bonds is 5. The number of anilines is 1. The van der Waals surface area contributed by atoms with Gasteiger partial charge >= 0.3 is 0 Å². The number of hydrogen-bond donors (Lipinski definition) is 1. The number of fused-ring (bicyclic) bond motifs is 13. The fourth-order valence-corrected chi connectivity index (χ4v) is 10.6. The van der Waals surface area contributed by atoms with Gasteiger partial charge in [-0.05, 0) is 109 Å². The normalized spacial score (nSPS) is 16.6. The smallest absolute Gasteiger partial charge is 0.135 e. The Morgan fingerprint density at radius 2 is 1.04 bits per heavy atom. The minimum absolute atomic E-state index is 0.124. The van der Waals surface area contributed by atoms with E-state index in [2.05, 4.69) is 203 Å². The summed E-state index contributed by atoms with van der Waals surface area (Å²) in [6.45, 7) is 9.43. The molecule has 11 rings (SSSR count). The van der Waals surface area contributed by atoms with Crippen molar-refractivity contribution < 1.29 is 4.42 Å². The van der Waals surface area contributed by atoms with Crippen LogP contribution >= 0.6 is 0 Å². The van der Waals surface area contributed by atoms with Crippen molar-refractivity contribution in [3.05, 3.63) is 232 Å². The van der Waals surface area contributed by atoms with Gasteiger partial charge in [-0.2, -0.15) is 0 Å². The Kier molecular flexibility index (Phi) is 7.20. The molecule has 7 aromatic carbocycles. The molecule has 0 radical (unpaired) electrons. The van der Waals surface area contributed by atoms with Crippen LogP contribution in [0.25, 0.3) is 44.7 Å². The van der Waals surface area contributed by atoms with Crippen molar-refractivity contribution in [2.75, 3.05) is 5.32 Å². The summed E-state index contributed by atoms with van der Waals surface area (Å²) >= 11 is 0. The first-order chi connectivity index (χ1) is 27.8. The lowest BCUT2D eigenvalue weighted by atomic mass is 9.55. The van der Waals surface area contributed by atoms with E-state index in [9.17, 15) is 0 Å². The van der Waals surface area contributed by atoms with Crippen LogP contribution in [-0.4, -0.2) is 0 Å². The highest BCUT2D eigenvalue weighted by Gasteiger charge is 2.53. The van der Waals surface area contributed by atoms with Crippen molar-refractivity contribution in [2.24, 2.45) is 0 Å². The van der Waals surface area contributed by atoms with Gasteiger partial charge in [-0.1, -0.05) is 167 Å². The topological polar surface area (TPSA) is 25.2 Å². The van der Waals surface area contributed by atoms with Crippen molar-refractivity contribution in [3.63, 3.8) is 0 Å². The first kappa shape index (κ1) is 33.7. The van der Waals surface area contributed by atoms with Gasteiger partial charge in [-0.25, -0.2) is 0 Å². The maximum atomic E-state index is 6.12. The van der Waals surface area contributed by atoms with E-state index in [4.69, 9.17) is 4.42 Å². The second-order valence-corrected chi connectivity index (χ2v) is 16.9. The summed E-state index contributed by atoms with van der Waals surface area (Å²) in [5.74, 6) is 0. The standard InChI is InChI=1S/C55H43NO/c1-53(2)43-18-8-5-15-37(43)39(28-25-35-26-30-52-42(33-35)41-17-7-14-24-51(41)57-52)44(53)31-32-56-36-27-29-40-38-16-6-9-19-45(38)55(50(40)34-36)48-22-12-10-20-46(48)54(3,4)47-21-11-13-23-49(47)55/h5-34,56H,1-4H3/b28-25-,32-31+. The number of para-hydroxylation sites is 1. The average molecular weight is 734 g/mol. The number of nitrogens with one attached hydrogen (secondary N) is 1. The molecule has 0 saturated heterocycles. The molecule has 57 heavy (non-hydrogen) atoms. The summed E-state index contributed by atoms with van der Waals surface area (Å²) in [7, 11) is 0. The lowest BCUT2D eigenvalue weighted by Crippen LogP contribution is -2.40. The zero-order valence-electron chi connectivity index (χ0n) is 32.7. The zero-order chi connectivity index (χ0) is 38.5. The van der Waals surface area contributed by atoms with Crippen molar-refractivity contribution >= 4 is 39.3 Å². The Labute approximate surface area is 334 Å². The number of allylic oxidation sites excluding steroid dienone is 4. The van der Waals surface area contributed by atoms with Crippen LogP contribution in [0.15, 0.2) is 186 Å². The fraction of sp³-hybridized carbons (Fsp3) is 0.127. The van der Waals surface area contributed by atoms with Crippen LogP contribution in [-0.2, 0) is 16.2 Å². The van der Waals surface area contributed by atoms with Crippen LogP contribution < -0.4 is 5.32 Å².